The predicted molar refractivity (Wildman–Crippen MR) is 65.4 cm³/mol. The lowest BCUT2D eigenvalue weighted by Crippen LogP contribution is -1.96. The Balaban J connectivity index is 2.20. The van der Waals surface area contributed by atoms with E-state index >= 15 is 0 Å². The topological polar surface area (TPSA) is 39.2 Å². The molecule has 1 aromatic carbocycles. The van der Waals surface area contributed by atoms with E-state index in [0.29, 0.717) is 23.5 Å². The van der Waals surface area contributed by atoms with Crippen molar-refractivity contribution < 1.29 is 9.53 Å². The molecule has 0 saturated heterocycles. The molecule has 0 saturated carbocycles. The zero-order valence-electron chi connectivity index (χ0n) is 9.59. The van der Waals surface area contributed by atoms with Crippen molar-refractivity contribution in [2.75, 3.05) is 0 Å². The summed E-state index contributed by atoms with van der Waals surface area (Å²) >= 11 is 0. The quantitative estimate of drug-likeness (QED) is 0.751. The Labute approximate surface area is 100 Å². The standard InChI is InChI=1S/C14H13NO2/c1-2-14(16)11-5-3-6-12(9-11)17-13-7-4-8-15-10-13/h3-10H,2H2,1H3. The van der Waals surface area contributed by atoms with Gasteiger partial charge in [-0.25, -0.2) is 0 Å². The molecule has 3 heteroatoms. The molecule has 0 aliphatic rings. The van der Waals surface area contributed by atoms with Crippen molar-refractivity contribution in [1.82, 2.24) is 4.98 Å². The van der Waals surface area contributed by atoms with E-state index in [1.807, 2.05) is 25.1 Å². The van der Waals surface area contributed by atoms with Gasteiger partial charge in [0.05, 0.1) is 6.20 Å². The average Bonchev–Trinajstić information content (AvgIpc) is 2.39. The summed E-state index contributed by atoms with van der Waals surface area (Å²) in [6.07, 6.45) is 3.81. The molecule has 0 aliphatic heterocycles. The third-order valence-corrected chi connectivity index (χ3v) is 2.35. The Hall–Kier alpha value is -2.16. The molecule has 0 aliphatic carbocycles. The molecule has 2 rings (SSSR count). The minimum Gasteiger partial charge on any atom is -0.456 e. The lowest BCUT2D eigenvalue weighted by Gasteiger charge is -2.06. The van der Waals surface area contributed by atoms with Crippen molar-refractivity contribution in [3.8, 4) is 11.5 Å². The molecule has 0 radical (unpaired) electrons. The van der Waals surface area contributed by atoms with Gasteiger partial charge in [0.25, 0.3) is 0 Å². The molecule has 0 amide bonds. The Kier molecular flexibility index (Phi) is 3.50. The molecule has 0 N–H and O–H groups in total. The summed E-state index contributed by atoms with van der Waals surface area (Å²) in [4.78, 5) is 15.5. The number of carbonyl (C=O) groups excluding carboxylic acids is 1. The maximum atomic E-state index is 11.6. The van der Waals surface area contributed by atoms with Crippen LogP contribution in [0.4, 0.5) is 0 Å². The van der Waals surface area contributed by atoms with Gasteiger partial charge >= 0.3 is 0 Å². The normalized spacial score (nSPS) is 9.94. The first-order chi connectivity index (χ1) is 8.29. The molecule has 0 spiro atoms. The van der Waals surface area contributed by atoms with Crippen LogP contribution in [0, 0.1) is 0 Å². The Morgan fingerprint density at radius 3 is 2.76 bits per heavy atom. The number of ether oxygens (including phenoxy) is 1. The van der Waals surface area contributed by atoms with Crippen molar-refractivity contribution in [2.24, 2.45) is 0 Å². The zero-order valence-corrected chi connectivity index (χ0v) is 9.59. The maximum Gasteiger partial charge on any atom is 0.162 e. The van der Waals surface area contributed by atoms with E-state index in [-0.39, 0.29) is 5.78 Å². The largest absolute Gasteiger partial charge is 0.456 e. The highest BCUT2D eigenvalue weighted by atomic mass is 16.5. The molecule has 0 atom stereocenters. The highest BCUT2D eigenvalue weighted by molar-refractivity contribution is 5.96. The summed E-state index contributed by atoms with van der Waals surface area (Å²) < 4.78 is 5.60. The third kappa shape index (κ3) is 2.91. The second-order valence-electron chi connectivity index (χ2n) is 3.60. The summed E-state index contributed by atoms with van der Waals surface area (Å²) in [5.41, 5.74) is 0.675. The van der Waals surface area contributed by atoms with E-state index in [9.17, 15) is 4.79 Å². The molecule has 0 unspecified atom stereocenters. The van der Waals surface area contributed by atoms with Crippen molar-refractivity contribution in [1.29, 1.82) is 0 Å². The van der Waals surface area contributed by atoms with Crippen molar-refractivity contribution in [2.45, 2.75) is 13.3 Å². The van der Waals surface area contributed by atoms with Gasteiger partial charge in [0.1, 0.15) is 11.5 Å². The number of ketones is 1. The highest BCUT2D eigenvalue weighted by Gasteiger charge is 2.04. The molecule has 86 valence electrons. The number of hydrogen-bond acceptors (Lipinski definition) is 3. The molecular weight excluding hydrogens is 214 g/mol. The van der Waals surface area contributed by atoms with Crippen molar-refractivity contribution in [3.05, 3.63) is 54.4 Å². The van der Waals surface area contributed by atoms with Crippen LogP contribution >= 0.6 is 0 Å². The SMILES string of the molecule is CCC(=O)c1cccc(Oc2cccnc2)c1. The number of rotatable bonds is 4. The molecular formula is C14H13NO2. The predicted octanol–water partition coefficient (Wildman–Crippen LogP) is 3.47. The molecule has 17 heavy (non-hydrogen) atoms. The average molecular weight is 227 g/mol. The van der Waals surface area contributed by atoms with Crippen LogP contribution in [0.25, 0.3) is 0 Å². The zero-order chi connectivity index (χ0) is 12.1. The Morgan fingerprint density at radius 1 is 1.24 bits per heavy atom. The van der Waals surface area contributed by atoms with Crippen molar-refractivity contribution in [3.63, 3.8) is 0 Å². The lowest BCUT2D eigenvalue weighted by atomic mass is 10.1. The molecule has 1 heterocycles. The summed E-state index contributed by atoms with van der Waals surface area (Å²) in [6.45, 7) is 1.84. The van der Waals surface area contributed by atoms with E-state index in [4.69, 9.17) is 4.74 Å². The molecule has 3 nitrogen and oxygen atoms in total. The number of pyridine rings is 1. The number of nitrogens with zero attached hydrogens (tertiary/aromatic N) is 1. The van der Waals surface area contributed by atoms with E-state index < -0.39 is 0 Å². The smallest absolute Gasteiger partial charge is 0.162 e. The van der Waals surface area contributed by atoms with E-state index in [0.717, 1.165) is 0 Å². The minimum atomic E-state index is 0.113. The summed E-state index contributed by atoms with van der Waals surface area (Å²) in [6, 6.07) is 10.8. The Bertz CT molecular complexity index is 509. The van der Waals surface area contributed by atoms with Crippen LogP contribution in [0.1, 0.15) is 23.7 Å². The second kappa shape index (κ2) is 5.25. The summed E-state index contributed by atoms with van der Waals surface area (Å²) in [5.74, 6) is 1.42. The lowest BCUT2D eigenvalue weighted by molar-refractivity contribution is 0.0988. The molecule has 2 aromatic rings. The number of carbonyl (C=O) groups is 1. The van der Waals surface area contributed by atoms with Gasteiger partial charge in [-0.1, -0.05) is 19.1 Å². The Morgan fingerprint density at radius 2 is 2.06 bits per heavy atom. The fourth-order valence-electron chi connectivity index (χ4n) is 1.48. The van der Waals surface area contributed by atoms with Gasteiger partial charge in [0.2, 0.25) is 0 Å². The van der Waals surface area contributed by atoms with Gasteiger partial charge < -0.3 is 4.74 Å². The molecule has 1 aromatic heterocycles. The van der Waals surface area contributed by atoms with Crippen LogP contribution in [0.3, 0.4) is 0 Å². The summed E-state index contributed by atoms with van der Waals surface area (Å²) in [5, 5.41) is 0. The van der Waals surface area contributed by atoms with E-state index in [1.165, 1.54) is 0 Å². The number of Topliss-reactive ketones (excluding diaryl/α,β-unsaturated/α-hetero) is 1. The molecule has 0 bridgehead atoms. The van der Waals surface area contributed by atoms with Crippen molar-refractivity contribution >= 4 is 5.78 Å². The monoisotopic (exact) mass is 227 g/mol. The summed E-state index contributed by atoms with van der Waals surface area (Å²) in [7, 11) is 0. The van der Waals surface area contributed by atoms with Crippen LogP contribution < -0.4 is 4.74 Å². The van der Waals surface area contributed by atoms with E-state index in [1.54, 1.807) is 30.6 Å². The number of aromatic nitrogens is 1. The van der Waals surface area contributed by atoms with Crippen LogP contribution in [-0.2, 0) is 0 Å². The first-order valence-electron chi connectivity index (χ1n) is 5.50. The highest BCUT2D eigenvalue weighted by Crippen LogP contribution is 2.21. The molecule has 0 fully saturated rings. The number of benzene rings is 1. The van der Waals surface area contributed by atoms with Gasteiger partial charge in [0.15, 0.2) is 5.78 Å². The van der Waals surface area contributed by atoms with Gasteiger partial charge in [-0.15, -0.1) is 0 Å². The number of hydrogen-bond donors (Lipinski definition) is 0. The maximum absolute atomic E-state index is 11.6. The minimum absolute atomic E-state index is 0.113. The fraction of sp³-hybridized carbons (Fsp3) is 0.143. The van der Waals surface area contributed by atoms with Gasteiger partial charge in [-0.2, -0.15) is 0 Å². The van der Waals surface area contributed by atoms with E-state index in [2.05, 4.69) is 4.98 Å². The van der Waals surface area contributed by atoms with Gasteiger partial charge in [-0.3, -0.25) is 9.78 Å². The first-order valence-corrected chi connectivity index (χ1v) is 5.50. The second-order valence-corrected chi connectivity index (χ2v) is 3.60. The first kappa shape index (κ1) is 11.3. The van der Waals surface area contributed by atoms with Gasteiger partial charge in [-0.05, 0) is 24.3 Å². The van der Waals surface area contributed by atoms with Gasteiger partial charge in [0, 0.05) is 18.2 Å². The van der Waals surface area contributed by atoms with Crippen LogP contribution in [-0.4, -0.2) is 10.8 Å². The van der Waals surface area contributed by atoms with Crippen LogP contribution in [0.5, 0.6) is 11.5 Å². The van der Waals surface area contributed by atoms with Crippen LogP contribution in [0.2, 0.25) is 0 Å². The third-order valence-electron chi connectivity index (χ3n) is 2.35. The fourth-order valence-corrected chi connectivity index (χ4v) is 1.48. The van der Waals surface area contributed by atoms with Crippen LogP contribution in [0.15, 0.2) is 48.8 Å².